The molecule has 2 heterocycles. The van der Waals surface area contributed by atoms with Crippen molar-refractivity contribution < 1.29 is 0 Å². The van der Waals surface area contributed by atoms with Gasteiger partial charge in [-0.3, -0.25) is 0 Å². The highest BCUT2D eigenvalue weighted by molar-refractivity contribution is 9.10. The fourth-order valence-electron chi connectivity index (χ4n) is 1.29. The third kappa shape index (κ3) is 3.18. The number of rotatable bonds is 4. The Labute approximate surface area is 117 Å². The maximum atomic E-state index is 6.00. The minimum atomic E-state index is 0.698. The highest BCUT2D eigenvalue weighted by atomic mass is 79.9. The lowest BCUT2D eigenvalue weighted by atomic mass is 10.4. The molecule has 90 valence electrons. The summed E-state index contributed by atoms with van der Waals surface area (Å²) in [5.74, 6) is 1.54. The van der Waals surface area contributed by atoms with Crippen molar-refractivity contribution in [3.05, 3.63) is 27.1 Å². The van der Waals surface area contributed by atoms with E-state index in [2.05, 4.69) is 38.1 Å². The van der Waals surface area contributed by atoms with Gasteiger partial charge in [0.2, 0.25) is 0 Å². The van der Waals surface area contributed by atoms with Crippen LogP contribution in [0.4, 0.5) is 5.82 Å². The molecular formula is C11H11BrClN3S. The molecular weight excluding hydrogens is 322 g/mol. The Kier molecular flexibility index (Phi) is 4.36. The lowest BCUT2D eigenvalue weighted by Crippen LogP contribution is -2.02. The van der Waals surface area contributed by atoms with Crippen LogP contribution in [0, 0.1) is 0 Å². The predicted octanol–water partition coefficient (Wildman–Crippen LogP) is 4.44. The molecule has 1 N–H and O–H groups in total. The monoisotopic (exact) mass is 331 g/mol. The zero-order valence-corrected chi connectivity index (χ0v) is 12.4. The summed E-state index contributed by atoms with van der Waals surface area (Å²) in [5, 5.41) is 3.23. The molecule has 0 fully saturated rings. The zero-order valence-electron chi connectivity index (χ0n) is 9.20. The second-order valence-corrected chi connectivity index (χ2v) is 5.93. The fourth-order valence-corrected chi connectivity index (χ4v) is 2.93. The van der Waals surface area contributed by atoms with Gasteiger partial charge in [-0.2, -0.15) is 0 Å². The van der Waals surface area contributed by atoms with E-state index in [4.69, 9.17) is 11.6 Å². The minimum absolute atomic E-state index is 0.698. The standard InChI is InChI=1S/C11H11BrClN3S/c1-2-4-14-9-3-5-15-11(16-9)8-6-7(12)10(13)17-8/h3,5-6H,2,4H2,1H3,(H,14,15,16). The molecule has 2 rings (SSSR count). The first-order valence-corrected chi connectivity index (χ1v) is 7.21. The molecule has 17 heavy (non-hydrogen) atoms. The zero-order chi connectivity index (χ0) is 12.3. The molecule has 2 aromatic heterocycles. The first kappa shape index (κ1) is 12.8. The number of nitrogens with one attached hydrogen (secondary N) is 1. The molecule has 0 saturated heterocycles. The molecule has 0 spiro atoms. The van der Waals surface area contributed by atoms with Crippen LogP contribution >= 0.6 is 38.9 Å². The van der Waals surface area contributed by atoms with E-state index in [1.54, 1.807) is 6.20 Å². The average molecular weight is 333 g/mol. The smallest absolute Gasteiger partial charge is 0.171 e. The molecule has 0 radical (unpaired) electrons. The Morgan fingerprint density at radius 2 is 2.35 bits per heavy atom. The summed E-state index contributed by atoms with van der Waals surface area (Å²) in [4.78, 5) is 9.66. The first-order valence-electron chi connectivity index (χ1n) is 5.23. The largest absolute Gasteiger partial charge is 0.370 e. The van der Waals surface area contributed by atoms with Crippen molar-refractivity contribution in [3.63, 3.8) is 0 Å². The van der Waals surface area contributed by atoms with Crippen LogP contribution < -0.4 is 5.32 Å². The SMILES string of the molecule is CCCNc1ccnc(-c2cc(Br)c(Cl)s2)n1. The normalized spacial score (nSPS) is 10.5. The van der Waals surface area contributed by atoms with E-state index in [-0.39, 0.29) is 0 Å². The van der Waals surface area contributed by atoms with Crippen LogP contribution in [0.5, 0.6) is 0 Å². The molecule has 0 saturated carbocycles. The molecule has 0 aliphatic heterocycles. The minimum Gasteiger partial charge on any atom is -0.370 e. The van der Waals surface area contributed by atoms with Crippen molar-refractivity contribution in [2.45, 2.75) is 13.3 Å². The van der Waals surface area contributed by atoms with Gasteiger partial charge in [-0.15, -0.1) is 11.3 Å². The Bertz CT molecular complexity index is 496. The van der Waals surface area contributed by atoms with Crippen LogP contribution in [-0.4, -0.2) is 16.5 Å². The van der Waals surface area contributed by atoms with E-state index in [0.29, 0.717) is 5.82 Å². The summed E-state index contributed by atoms with van der Waals surface area (Å²) in [6.45, 7) is 3.02. The summed E-state index contributed by atoms with van der Waals surface area (Å²) in [6, 6.07) is 3.80. The van der Waals surface area contributed by atoms with E-state index in [9.17, 15) is 0 Å². The van der Waals surface area contributed by atoms with Gasteiger partial charge in [0.15, 0.2) is 5.82 Å². The number of aromatic nitrogens is 2. The maximum Gasteiger partial charge on any atom is 0.171 e. The molecule has 0 aliphatic rings. The quantitative estimate of drug-likeness (QED) is 0.899. The molecule has 0 aromatic carbocycles. The van der Waals surface area contributed by atoms with Crippen molar-refractivity contribution >= 4 is 44.7 Å². The Hall–Kier alpha value is -0.650. The fraction of sp³-hybridized carbons (Fsp3) is 0.273. The van der Waals surface area contributed by atoms with E-state index < -0.39 is 0 Å². The van der Waals surface area contributed by atoms with Crippen molar-refractivity contribution in [1.29, 1.82) is 0 Å². The number of hydrogen-bond acceptors (Lipinski definition) is 4. The number of anilines is 1. The van der Waals surface area contributed by atoms with Gasteiger partial charge < -0.3 is 5.32 Å². The third-order valence-electron chi connectivity index (χ3n) is 2.08. The summed E-state index contributed by atoms with van der Waals surface area (Å²) >= 11 is 10.8. The highest BCUT2D eigenvalue weighted by Gasteiger charge is 2.09. The molecule has 0 bridgehead atoms. The van der Waals surface area contributed by atoms with Crippen LogP contribution in [0.3, 0.4) is 0 Å². The number of thiophene rings is 1. The topological polar surface area (TPSA) is 37.8 Å². The van der Waals surface area contributed by atoms with Crippen LogP contribution in [0.25, 0.3) is 10.7 Å². The van der Waals surface area contributed by atoms with Gasteiger partial charge in [-0.25, -0.2) is 9.97 Å². The number of hydrogen-bond donors (Lipinski definition) is 1. The van der Waals surface area contributed by atoms with Crippen molar-refractivity contribution in [3.8, 4) is 10.7 Å². The predicted molar refractivity (Wildman–Crippen MR) is 76.8 cm³/mol. The van der Waals surface area contributed by atoms with Crippen molar-refractivity contribution in [2.75, 3.05) is 11.9 Å². The molecule has 2 aromatic rings. The summed E-state index contributed by atoms with van der Waals surface area (Å²) in [6.07, 6.45) is 2.82. The Morgan fingerprint density at radius 1 is 1.53 bits per heavy atom. The van der Waals surface area contributed by atoms with Gasteiger partial charge in [0, 0.05) is 17.2 Å². The van der Waals surface area contributed by atoms with Crippen molar-refractivity contribution in [2.24, 2.45) is 0 Å². The molecule has 0 unspecified atom stereocenters. The van der Waals surface area contributed by atoms with Crippen LogP contribution in [0.2, 0.25) is 4.34 Å². The summed E-state index contributed by atoms with van der Waals surface area (Å²) < 4.78 is 1.60. The van der Waals surface area contributed by atoms with Gasteiger partial charge in [-0.05, 0) is 34.5 Å². The van der Waals surface area contributed by atoms with Gasteiger partial charge in [0.1, 0.15) is 10.2 Å². The third-order valence-corrected chi connectivity index (χ3v) is 4.55. The second-order valence-electron chi connectivity index (χ2n) is 3.42. The van der Waals surface area contributed by atoms with E-state index >= 15 is 0 Å². The molecule has 0 amide bonds. The molecule has 6 heteroatoms. The summed E-state index contributed by atoms with van der Waals surface area (Å²) in [7, 11) is 0. The number of nitrogens with zero attached hydrogens (tertiary/aromatic N) is 2. The van der Waals surface area contributed by atoms with E-state index in [0.717, 1.165) is 32.5 Å². The maximum absolute atomic E-state index is 6.00. The summed E-state index contributed by atoms with van der Waals surface area (Å²) in [5.41, 5.74) is 0. The first-order chi connectivity index (χ1) is 8.20. The van der Waals surface area contributed by atoms with Crippen LogP contribution in [-0.2, 0) is 0 Å². The Morgan fingerprint density at radius 3 is 3.00 bits per heavy atom. The molecule has 3 nitrogen and oxygen atoms in total. The number of halogens is 2. The van der Waals surface area contributed by atoms with E-state index in [1.807, 2.05) is 12.1 Å². The van der Waals surface area contributed by atoms with E-state index in [1.165, 1.54) is 11.3 Å². The lowest BCUT2D eigenvalue weighted by Gasteiger charge is -2.04. The van der Waals surface area contributed by atoms with Crippen LogP contribution in [0.15, 0.2) is 22.8 Å². The molecule has 0 atom stereocenters. The second kappa shape index (κ2) is 5.80. The van der Waals surface area contributed by atoms with Crippen molar-refractivity contribution in [1.82, 2.24) is 9.97 Å². The molecule has 0 aliphatic carbocycles. The van der Waals surface area contributed by atoms with Gasteiger partial charge in [-0.1, -0.05) is 18.5 Å². The lowest BCUT2D eigenvalue weighted by molar-refractivity contribution is 0.966. The van der Waals surface area contributed by atoms with Gasteiger partial charge in [0.05, 0.1) is 4.88 Å². The average Bonchev–Trinajstić information content (AvgIpc) is 2.68. The highest BCUT2D eigenvalue weighted by Crippen LogP contribution is 2.36. The van der Waals surface area contributed by atoms with Crippen LogP contribution in [0.1, 0.15) is 13.3 Å². The Balaban J connectivity index is 2.26. The van der Waals surface area contributed by atoms with Gasteiger partial charge >= 0.3 is 0 Å². The van der Waals surface area contributed by atoms with Gasteiger partial charge in [0.25, 0.3) is 0 Å².